The molecule has 1 spiro atoms. The number of rotatable bonds is 3. The van der Waals surface area contributed by atoms with Gasteiger partial charge in [0.2, 0.25) is 0 Å². The maximum atomic E-state index is 2.59. The van der Waals surface area contributed by atoms with Gasteiger partial charge in [0.15, 0.2) is 0 Å². The Hall–Kier alpha value is -6.18. The van der Waals surface area contributed by atoms with Gasteiger partial charge in [-0.05, 0) is 109 Å². The van der Waals surface area contributed by atoms with Gasteiger partial charge in [0.1, 0.15) is 0 Å². The van der Waals surface area contributed by atoms with Crippen LogP contribution in [0.15, 0.2) is 175 Å². The molecule has 0 aliphatic heterocycles. The predicted molar refractivity (Wildman–Crippen MR) is 233 cm³/mol. The maximum Gasteiger partial charge on any atom is 0.0726 e. The first-order chi connectivity index (χ1) is 27.3. The van der Waals surface area contributed by atoms with Crippen LogP contribution in [0.3, 0.4) is 0 Å². The van der Waals surface area contributed by atoms with Crippen molar-refractivity contribution in [1.82, 2.24) is 0 Å². The summed E-state index contributed by atoms with van der Waals surface area (Å²) in [6.07, 6.45) is 8.05. The normalized spacial score (nSPS) is 18.6. The second-order valence-corrected chi connectivity index (χ2v) is 17.6. The van der Waals surface area contributed by atoms with Crippen LogP contribution in [0.2, 0.25) is 0 Å². The number of nitrogens with zero attached hydrogens (tertiary/aromatic N) is 1. The third kappa shape index (κ3) is 3.86. The van der Waals surface area contributed by atoms with Crippen LogP contribution in [-0.4, -0.2) is 0 Å². The van der Waals surface area contributed by atoms with Crippen molar-refractivity contribution < 1.29 is 0 Å². The van der Waals surface area contributed by atoms with Gasteiger partial charge in [-0.3, -0.25) is 0 Å². The maximum absolute atomic E-state index is 2.59. The molecule has 0 amide bonds. The van der Waals surface area contributed by atoms with Crippen LogP contribution in [-0.2, 0) is 16.2 Å². The Morgan fingerprint density at radius 2 is 1.00 bits per heavy atom. The van der Waals surface area contributed by atoms with E-state index < -0.39 is 5.41 Å². The largest absolute Gasteiger partial charge is 0.310 e. The van der Waals surface area contributed by atoms with Gasteiger partial charge in [0.25, 0.3) is 0 Å². The van der Waals surface area contributed by atoms with Crippen molar-refractivity contribution in [1.29, 1.82) is 0 Å². The smallest absolute Gasteiger partial charge is 0.0726 e. The standard InChI is InChI=1S/C55H43N/c1-53(2)43-21-10-5-16-36(43)40-30-28-34(32-49(40)53)56(35-29-31-41-37-17-6-11-22-44(37)54(3,4)50(41)33-35)51-27-15-26-48-52(51)42-20-9-14-25-47(42)55(48)45-23-12-7-18-38(45)39-19-8-13-24-46(39)55/h5-16,18-33,37H,17H2,1-4H3. The van der Waals surface area contributed by atoms with Crippen molar-refractivity contribution in [3.05, 3.63) is 220 Å². The number of benzene rings is 7. The van der Waals surface area contributed by atoms with E-state index in [2.05, 4.69) is 202 Å². The molecular formula is C55H43N. The van der Waals surface area contributed by atoms with Crippen molar-refractivity contribution >= 4 is 17.1 Å². The highest BCUT2D eigenvalue weighted by atomic mass is 15.1. The van der Waals surface area contributed by atoms with E-state index in [1.807, 2.05) is 0 Å². The molecule has 1 atom stereocenters. The first-order valence-corrected chi connectivity index (χ1v) is 20.3. The summed E-state index contributed by atoms with van der Waals surface area (Å²) in [4.78, 5) is 2.59. The van der Waals surface area contributed by atoms with Gasteiger partial charge in [-0.1, -0.05) is 173 Å². The van der Waals surface area contributed by atoms with Crippen molar-refractivity contribution in [2.75, 3.05) is 4.90 Å². The minimum absolute atomic E-state index is 0.0550. The SMILES string of the molecule is CC1(C)C2=CC=CCC2c2ccc(N(c3ccc4c(c3)C(C)(C)c3ccccc3-4)c3cccc4c3-c3ccccc3C43c4ccccc4-c4ccccc43)cc21. The van der Waals surface area contributed by atoms with Gasteiger partial charge in [-0.15, -0.1) is 0 Å². The van der Waals surface area contributed by atoms with E-state index in [4.69, 9.17) is 0 Å². The summed E-state index contributed by atoms with van der Waals surface area (Å²) in [5, 5.41) is 0. The molecule has 7 aromatic carbocycles. The molecule has 0 aromatic heterocycles. The van der Waals surface area contributed by atoms with E-state index in [9.17, 15) is 0 Å². The van der Waals surface area contributed by atoms with Gasteiger partial charge < -0.3 is 4.90 Å². The average molecular weight is 718 g/mol. The van der Waals surface area contributed by atoms with E-state index in [0.29, 0.717) is 5.92 Å². The lowest BCUT2D eigenvalue weighted by atomic mass is 9.70. The van der Waals surface area contributed by atoms with E-state index in [1.54, 1.807) is 0 Å². The molecule has 1 nitrogen and oxygen atoms in total. The van der Waals surface area contributed by atoms with E-state index >= 15 is 0 Å². The summed E-state index contributed by atoms with van der Waals surface area (Å²) in [6, 6.07) is 58.1. The van der Waals surface area contributed by atoms with Crippen LogP contribution in [0.5, 0.6) is 0 Å². The van der Waals surface area contributed by atoms with Crippen molar-refractivity contribution in [2.45, 2.75) is 56.3 Å². The Morgan fingerprint density at radius 1 is 0.464 bits per heavy atom. The second-order valence-electron chi connectivity index (χ2n) is 17.6. The lowest BCUT2D eigenvalue weighted by Gasteiger charge is -2.33. The van der Waals surface area contributed by atoms with Gasteiger partial charge in [-0.25, -0.2) is 0 Å². The zero-order valence-corrected chi connectivity index (χ0v) is 32.4. The second kappa shape index (κ2) is 11.0. The van der Waals surface area contributed by atoms with Gasteiger partial charge in [0.05, 0.1) is 11.1 Å². The molecule has 5 aliphatic carbocycles. The third-order valence-electron chi connectivity index (χ3n) is 14.3. The first-order valence-electron chi connectivity index (χ1n) is 20.3. The fourth-order valence-electron chi connectivity index (χ4n) is 11.8. The van der Waals surface area contributed by atoms with Crippen molar-refractivity contribution in [3.63, 3.8) is 0 Å². The number of allylic oxidation sites excluding steroid dienone is 4. The number of anilines is 3. The Balaban J connectivity index is 1.15. The van der Waals surface area contributed by atoms with Crippen LogP contribution in [0.1, 0.15) is 84.5 Å². The molecule has 56 heavy (non-hydrogen) atoms. The lowest BCUT2D eigenvalue weighted by Crippen LogP contribution is -2.26. The molecule has 12 rings (SSSR count). The average Bonchev–Trinajstić information content (AvgIpc) is 3.87. The molecule has 0 heterocycles. The summed E-state index contributed by atoms with van der Waals surface area (Å²) in [5.74, 6) is 0.446. The molecule has 1 unspecified atom stereocenters. The minimum atomic E-state index is -0.405. The monoisotopic (exact) mass is 717 g/mol. The zero-order chi connectivity index (χ0) is 37.6. The summed E-state index contributed by atoms with van der Waals surface area (Å²) < 4.78 is 0. The van der Waals surface area contributed by atoms with Crippen LogP contribution in [0.4, 0.5) is 17.1 Å². The van der Waals surface area contributed by atoms with Crippen LogP contribution >= 0.6 is 0 Å². The Morgan fingerprint density at radius 3 is 1.70 bits per heavy atom. The van der Waals surface area contributed by atoms with Gasteiger partial charge in [-0.2, -0.15) is 0 Å². The summed E-state index contributed by atoms with van der Waals surface area (Å²) in [5.41, 5.74) is 23.7. The number of hydrogen-bond acceptors (Lipinski definition) is 1. The highest BCUT2D eigenvalue weighted by Gasteiger charge is 2.52. The number of fused-ring (bicyclic) bond motifs is 16. The van der Waals surface area contributed by atoms with E-state index in [-0.39, 0.29) is 10.8 Å². The molecule has 268 valence electrons. The summed E-state index contributed by atoms with van der Waals surface area (Å²) in [6.45, 7) is 9.63. The molecule has 5 aliphatic rings. The van der Waals surface area contributed by atoms with Crippen molar-refractivity contribution in [2.24, 2.45) is 0 Å². The fraction of sp³-hybridized carbons (Fsp3) is 0.164. The quantitative estimate of drug-likeness (QED) is 0.176. The third-order valence-corrected chi connectivity index (χ3v) is 14.3. The molecule has 0 N–H and O–H groups in total. The van der Waals surface area contributed by atoms with Gasteiger partial charge in [0, 0.05) is 33.7 Å². The highest BCUT2D eigenvalue weighted by molar-refractivity contribution is 6.01. The Kier molecular flexibility index (Phi) is 6.30. The zero-order valence-electron chi connectivity index (χ0n) is 32.4. The van der Waals surface area contributed by atoms with E-state index in [0.717, 1.165) is 6.42 Å². The topological polar surface area (TPSA) is 3.24 Å². The predicted octanol–water partition coefficient (Wildman–Crippen LogP) is 14.1. The summed E-state index contributed by atoms with van der Waals surface area (Å²) in [7, 11) is 0. The molecule has 0 radical (unpaired) electrons. The van der Waals surface area contributed by atoms with Crippen LogP contribution in [0, 0.1) is 0 Å². The molecule has 0 saturated carbocycles. The Labute approximate surface area is 330 Å². The molecule has 0 bridgehead atoms. The summed E-state index contributed by atoms with van der Waals surface area (Å²) >= 11 is 0. The highest BCUT2D eigenvalue weighted by Crippen LogP contribution is 2.65. The fourth-order valence-corrected chi connectivity index (χ4v) is 11.8. The van der Waals surface area contributed by atoms with Crippen molar-refractivity contribution in [3.8, 4) is 33.4 Å². The minimum Gasteiger partial charge on any atom is -0.310 e. The van der Waals surface area contributed by atoms with Crippen LogP contribution < -0.4 is 4.90 Å². The van der Waals surface area contributed by atoms with Crippen LogP contribution in [0.25, 0.3) is 33.4 Å². The van der Waals surface area contributed by atoms with Gasteiger partial charge >= 0.3 is 0 Å². The molecule has 0 fully saturated rings. The Bertz CT molecular complexity index is 2870. The van der Waals surface area contributed by atoms with E-state index in [1.165, 1.54) is 101 Å². The lowest BCUT2D eigenvalue weighted by molar-refractivity contribution is 0.612. The molecule has 1 heteroatoms. The first kappa shape index (κ1) is 32.1. The molecular weight excluding hydrogens is 675 g/mol. The molecule has 7 aromatic rings. The number of hydrogen-bond donors (Lipinski definition) is 0. The molecule has 0 saturated heterocycles.